The van der Waals surface area contributed by atoms with Crippen LogP contribution in [0.15, 0.2) is 0 Å². The number of hydrogen-bond donors (Lipinski definition) is 2. The first-order valence-electron chi connectivity index (χ1n) is 3.50. The zero-order chi connectivity index (χ0) is 9.61. The van der Waals surface area contributed by atoms with Crippen LogP contribution in [0.4, 0.5) is 0 Å². The quantitative estimate of drug-likeness (QED) is 0.562. The van der Waals surface area contributed by atoms with Gasteiger partial charge in [-0.15, -0.1) is 0 Å². The molecule has 4 nitrogen and oxygen atoms in total. The molecule has 74 valence electrons. The third-order valence-electron chi connectivity index (χ3n) is 1.12. The van der Waals surface area contributed by atoms with Crippen LogP contribution >= 0.6 is 11.8 Å². The van der Waals surface area contributed by atoms with Crippen molar-refractivity contribution >= 4 is 21.6 Å². The predicted octanol–water partition coefficient (Wildman–Crippen LogP) is -0.883. The summed E-state index contributed by atoms with van der Waals surface area (Å²) in [5.41, 5.74) is 0. The summed E-state index contributed by atoms with van der Waals surface area (Å²) >= 11 is 1.32. The molecule has 0 fully saturated rings. The van der Waals surface area contributed by atoms with Gasteiger partial charge in [-0.1, -0.05) is 0 Å². The molecule has 0 amide bonds. The molecule has 0 radical (unpaired) electrons. The van der Waals surface area contributed by atoms with Crippen molar-refractivity contribution in [3.8, 4) is 0 Å². The summed E-state index contributed by atoms with van der Waals surface area (Å²) in [4.78, 5) is 0. The Kier molecular flexibility index (Phi) is 5.90. The van der Waals surface area contributed by atoms with Gasteiger partial charge < -0.3 is 10.2 Å². The van der Waals surface area contributed by atoms with E-state index in [-0.39, 0.29) is 12.4 Å². The van der Waals surface area contributed by atoms with Crippen LogP contribution in [0.2, 0.25) is 0 Å². The molecule has 0 aromatic rings. The molecule has 1 atom stereocenters. The highest BCUT2D eigenvalue weighted by Gasteiger charge is 2.04. The van der Waals surface area contributed by atoms with Gasteiger partial charge in [-0.05, 0) is 0 Å². The molecular formula is C6H14O4S2. The first-order valence-corrected chi connectivity index (χ1v) is 6.71. The lowest BCUT2D eigenvalue weighted by Crippen LogP contribution is -2.16. The molecule has 0 saturated carbocycles. The number of thioether (sulfide) groups is 1. The molecule has 12 heavy (non-hydrogen) atoms. The topological polar surface area (TPSA) is 74.6 Å². The third kappa shape index (κ3) is 8.32. The van der Waals surface area contributed by atoms with E-state index < -0.39 is 15.9 Å². The molecular weight excluding hydrogens is 200 g/mol. The normalized spacial score (nSPS) is 14.6. The molecule has 0 aliphatic rings. The molecule has 1 unspecified atom stereocenters. The monoisotopic (exact) mass is 214 g/mol. The summed E-state index contributed by atoms with van der Waals surface area (Å²) in [5.74, 6) is 0.970. The van der Waals surface area contributed by atoms with Gasteiger partial charge in [0, 0.05) is 17.8 Å². The van der Waals surface area contributed by atoms with Crippen LogP contribution in [0.1, 0.15) is 0 Å². The number of rotatable bonds is 6. The van der Waals surface area contributed by atoms with Crippen molar-refractivity contribution in [2.75, 3.05) is 30.1 Å². The van der Waals surface area contributed by atoms with Gasteiger partial charge >= 0.3 is 0 Å². The summed E-state index contributed by atoms with van der Waals surface area (Å²) in [6.07, 6.45) is 0.435. The van der Waals surface area contributed by atoms with E-state index in [1.165, 1.54) is 18.0 Å². The van der Waals surface area contributed by atoms with E-state index in [1.807, 2.05) is 0 Å². The van der Waals surface area contributed by atoms with Crippen molar-refractivity contribution in [2.24, 2.45) is 0 Å². The molecule has 6 heteroatoms. The van der Waals surface area contributed by atoms with E-state index in [4.69, 9.17) is 10.2 Å². The Labute approximate surface area is 76.9 Å². The van der Waals surface area contributed by atoms with Crippen LogP contribution in [0.3, 0.4) is 0 Å². The van der Waals surface area contributed by atoms with Gasteiger partial charge in [0.2, 0.25) is 0 Å². The molecule has 0 aliphatic carbocycles. The van der Waals surface area contributed by atoms with Gasteiger partial charge in [0.1, 0.15) is 9.84 Å². The van der Waals surface area contributed by atoms with E-state index in [2.05, 4.69) is 0 Å². The van der Waals surface area contributed by atoms with Gasteiger partial charge in [-0.3, -0.25) is 0 Å². The second-order valence-corrected chi connectivity index (χ2v) is 5.95. The molecule has 0 rings (SSSR count). The van der Waals surface area contributed by atoms with Gasteiger partial charge in [0.15, 0.2) is 0 Å². The van der Waals surface area contributed by atoms with Crippen LogP contribution in [-0.4, -0.2) is 54.9 Å². The maximum Gasteiger partial charge on any atom is 0.148 e. The second-order valence-electron chi connectivity index (χ2n) is 2.54. The Morgan fingerprint density at radius 1 is 1.50 bits per heavy atom. The number of aliphatic hydroxyl groups excluding tert-OH is 2. The first-order chi connectivity index (χ1) is 5.45. The fourth-order valence-corrected chi connectivity index (χ4v) is 2.71. The summed E-state index contributed by atoms with van der Waals surface area (Å²) in [6.45, 7) is -0.272. The van der Waals surface area contributed by atoms with Gasteiger partial charge in [-0.25, -0.2) is 8.42 Å². The van der Waals surface area contributed by atoms with Crippen LogP contribution < -0.4 is 0 Å². The Bertz CT molecular complexity index is 200. The molecule has 0 saturated heterocycles. The summed E-state index contributed by atoms with van der Waals surface area (Å²) in [7, 11) is -2.89. The Hall–Kier alpha value is 0.220. The number of hydrogen-bond acceptors (Lipinski definition) is 5. The van der Waals surface area contributed by atoms with Crippen molar-refractivity contribution in [1.29, 1.82) is 0 Å². The van der Waals surface area contributed by atoms with Gasteiger partial charge in [-0.2, -0.15) is 11.8 Å². The van der Waals surface area contributed by atoms with Crippen LogP contribution in [0, 0.1) is 0 Å². The fourth-order valence-electron chi connectivity index (χ4n) is 0.482. The minimum Gasteiger partial charge on any atom is -0.394 e. The summed E-state index contributed by atoms with van der Waals surface area (Å²) in [6, 6.07) is 0. The standard InChI is InChI=1S/C6H14O4S2/c1-12(9,10)3-2-11-5-6(8)4-7/h6-8H,2-5H2,1H3. The van der Waals surface area contributed by atoms with Crippen LogP contribution in [0.5, 0.6) is 0 Å². The maximum atomic E-state index is 10.6. The minimum absolute atomic E-state index is 0.121. The average Bonchev–Trinajstić information content (AvgIpc) is 1.96. The molecule has 0 aromatic carbocycles. The lowest BCUT2D eigenvalue weighted by atomic mass is 10.4. The van der Waals surface area contributed by atoms with E-state index in [9.17, 15) is 8.42 Å². The fraction of sp³-hybridized carbons (Fsp3) is 1.00. The van der Waals surface area contributed by atoms with E-state index >= 15 is 0 Å². The lowest BCUT2D eigenvalue weighted by Gasteiger charge is -2.05. The molecule has 0 aromatic heterocycles. The first kappa shape index (κ1) is 12.2. The largest absolute Gasteiger partial charge is 0.394 e. The maximum absolute atomic E-state index is 10.6. The minimum atomic E-state index is -2.89. The van der Waals surface area contributed by atoms with Crippen LogP contribution in [-0.2, 0) is 9.84 Å². The average molecular weight is 214 g/mol. The Morgan fingerprint density at radius 3 is 2.50 bits per heavy atom. The number of aliphatic hydroxyl groups is 2. The Balaban J connectivity index is 3.34. The zero-order valence-corrected chi connectivity index (χ0v) is 8.57. The highest BCUT2D eigenvalue weighted by Crippen LogP contribution is 2.03. The molecule has 0 bridgehead atoms. The van der Waals surface area contributed by atoms with Gasteiger partial charge in [0.05, 0.1) is 18.5 Å². The van der Waals surface area contributed by atoms with Crippen molar-refractivity contribution in [2.45, 2.75) is 6.10 Å². The molecule has 0 spiro atoms. The van der Waals surface area contributed by atoms with Crippen molar-refractivity contribution in [3.05, 3.63) is 0 Å². The summed E-state index contributed by atoms with van der Waals surface area (Å²) in [5, 5.41) is 17.3. The zero-order valence-electron chi connectivity index (χ0n) is 6.93. The van der Waals surface area contributed by atoms with Crippen molar-refractivity contribution in [1.82, 2.24) is 0 Å². The highest BCUT2D eigenvalue weighted by atomic mass is 32.2. The van der Waals surface area contributed by atoms with E-state index in [0.29, 0.717) is 11.5 Å². The molecule has 0 heterocycles. The lowest BCUT2D eigenvalue weighted by molar-refractivity contribution is 0.113. The van der Waals surface area contributed by atoms with Crippen molar-refractivity contribution in [3.63, 3.8) is 0 Å². The highest BCUT2D eigenvalue weighted by molar-refractivity contribution is 8.00. The second kappa shape index (κ2) is 5.80. The third-order valence-corrected chi connectivity index (χ3v) is 3.44. The SMILES string of the molecule is CS(=O)(=O)CCSCC(O)CO. The van der Waals surface area contributed by atoms with E-state index in [0.717, 1.165) is 0 Å². The van der Waals surface area contributed by atoms with E-state index in [1.54, 1.807) is 0 Å². The Morgan fingerprint density at radius 2 is 2.08 bits per heavy atom. The smallest absolute Gasteiger partial charge is 0.148 e. The molecule has 0 aliphatic heterocycles. The van der Waals surface area contributed by atoms with Crippen LogP contribution in [0.25, 0.3) is 0 Å². The predicted molar refractivity (Wildman–Crippen MR) is 50.1 cm³/mol. The molecule has 2 N–H and O–H groups in total. The summed E-state index contributed by atoms with van der Waals surface area (Å²) < 4.78 is 21.2. The van der Waals surface area contributed by atoms with Crippen molar-refractivity contribution < 1.29 is 18.6 Å². The van der Waals surface area contributed by atoms with Gasteiger partial charge in [0.25, 0.3) is 0 Å². The number of sulfone groups is 1.